The molecule has 3 heteroatoms. The normalized spacial score (nSPS) is 42.0. The number of hydrogen-bond donors (Lipinski definition) is 1. The predicted molar refractivity (Wildman–Crippen MR) is 46.0 cm³/mol. The summed E-state index contributed by atoms with van der Waals surface area (Å²) in [7, 11) is 1.75. The summed E-state index contributed by atoms with van der Waals surface area (Å²) >= 11 is 0. The van der Waals surface area contributed by atoms with Crippen molar-refractivity contribution in [2.45, 2.75) is 30.9 Å². The highest BCUT2D eigenvalue weighted by Gasteiger charge is 2.47. The Morgan fingerprint density at radius 3 is 3.25 bits per heavy atom. The van der Waals surface area contributed by atoms with Crippen LogP contribution in [0, 0.1) is 0 Å². The molecule has 0 spiro atoms. The summed E-state index contributed by atoms with van der Waals surface area (Å²) in [5, 5.41) is 9.53. The quantitative estimate of drug-likeness (QED) is 0.645. The van der Waals surface area contributed by atoms with Crippen LogP contribution in [0.15, 0.2) is 0 Å². The highest BCUT2D eigenvalue weighted by Crippen LogP contribution is 2.38. The zero-order chi connectivity index (χ0) is 8.60. The smallest absolute Gasteiger partial charge is 0.0685 e. The van der Waals surface area contributed by atoms with Crippen LogP contribution in [0.3, 0.4) is 0 Å². The molecule has 3 nitrogen and oxygen atoms in total. The van der Waals surface area contributed by atoms with Gasteiger partial charge in [-0.1, -0.05) is 0 Å². The maximum Gasteiger partial charge on any atom is 0.0685 e. The van der Waals surface area contributed by atoms with Gasteiger partial charge in [-0.05, 0) is 25.8 Å². The second kappa shape index (κ2) is 2.98. The van der Waals surface area contributed by atoms with Gasteiger partial charge in [-0.15, -0.1) is 0 Å². The number of β-amino-alcohol motifs (C(OH)–C–C–N with tert-alkyl or cyclic N) is 1. The molecular formula is C9H17NO2. The van der Waals surface area contributed by atoms with Crippen molar-refractivity contribution < 1.29 is 9.84 Å². The van der Waals surface area contributed by atoms with Crippen LogP contribution in [0.1, 0.15) is 19.3 Å². The number of nitrogens with zero attached hydrogens (tertiary/aromatic N) is 1. The third kappa shape index (κ3) is 1.16. The molecular weight excluding hydrogens is 154 g/mol. The molecule has 12 heavy (non-hydrogen) atoms. The van der Waals surface area contributed by atoms with Crippen molar-refractivity contribution in [1.82, 2.24) is 4.90 Å². The fourth-order valence-corrected chi connectivity index (χ4v) is 2.76. The molecule has 0 aliphatic carbocycles. The van der Waals surface area contributed by atoms with Crippen molar-refractivity contribution in [2.24, 2.45) is 0 Å². The molecule has 2 fully saturated rings. The lowest BCUT2D eigenvalue weighted by atomic mass is 9.94. The van der Waals surface area contributed by atoms with E-state index in [9.17, 15) is 5.11 Å². The molecule has 1 N–H and O–H groups in total. The Kier molecular flexibility index (Phi) is 2.10. The van der Waals surface area contributed by atoms with Crippen molar-refractivity contribution in [3.8, 4) is 0 Å². The number of ether oxygens (including phenoxy) is 1. The number of aliphatic hydroxyl groups is 1. The van der Waals surface area contributed by atoms with E-state index < -0.39 is 0 Å². The van der Waals surface area contributed by atoms with Crippen LogP contribution in [0.25, 0.3) is 0 Å². The first kappa shape index (κ1) is 8.48. The summed E-state index contributed by atoms with van der Waals surface area (Å²) in [5.41, 5.74) is 0.189. The van der Waals surface area contributed by atoms with E-state index in [1.54, 1.807) is 7.11 Å². The first-order chi connectivity index (χ1) is 5.77. The van der Waals surface area contributed by atoms with Crippen molar-refractivity contribution in [3.05, 3.63) is 0 Å². The fourth-order valence-electron chi connectivity index (χ4n) is 2.76. The molecule has 2 saturated heterocycles. The molecule has 0 aromatic rings. The average Bonchev–Trinajstić information content (AvgIpc) is 2.44. The molecule has 70 valence electrons. The number of fused-ring (bicyclic) bond motifs is 1. The third-order valence-electron chi connectivity index (χ3n) is 3.20. The molecule has 0 amide bonds. The lowest BCUT2D eigenvalue weighted by molar-refractivity contribution is 0.0646. The van der Waals surface area contributed by atoms with Crippen LogP contribution in [0.5, 0.6) is 0 Å². The Labute approximate surface area is 73.3 Å². The average molecular weight is 171 g/mol. The number of hydrogen-bond acceptors (Lipinski definition) is 3. The Bertz CT molecular complexity index is 174. The third-order valence-corrected chi connectivity index (χ3v) is 3.20. The van der Waals surface area contributed by atoms with Crippen molar-refractivity contribution >= 4 is 0 Å². The summed E-state index contributed by atoms with van der Waals surface area (Å²) in [6.45, 7) is 2.77. The Morgan fingerprint density at radius 1 is 1.67 bits per heavy atom. The van der Waals surface area contributed by atoms with Gasteiger partial charge in [0.25, 0.3) is 0 Å². The Morgan fingerprint density at radius 2 is 2.50 bits per heavy atom. The highest BCUT2D eigenvalue weighted by atomic mass is 16.5. The first-order valence-corrected chi connectivity index (χ1v) is 4.69. The SMILES string of the molecule is COC[C@@]12CCCN1C[C@H](O)C2. The molecule has 2 aliphatic heterocycles. The van der Waals surface area contributed by atoms with Gasteiger partial charge >= 0.3 is 0 Å². The monoisotopic (exact) mass is 171 g/mol. The molecule has 0 aromatic carbocycles. The van der Waals surface area contributed by atoms with Gasteiger partial charge in [-0.2, -0.15) is 0 Å². The van der Waals surface area contributed by atoms with Gasteiger partial charge in [0.15, 0.2) is 0 Å². The maximum absolute atomic E-state index is 9.53. The lowest BCUT2D eigenvalue weighted by Gasteiger charge is -2.30. The number of aliphatic hydroxyl groups excluding tert-OH is 1. The van der Waals surface area contributed by atoms with Crippen LogP contribution in [0.2, 0.25) is 0 Å². The zero-order valence-corrected chi connectivity index (χ0v) is 7.62. The Hall–Kier alpha value is -0.120. The number of rotatable bonds is 2. The van der Waals surface area contributed by atoms with Crippen LogP contribution < -0.4 is 0 Å². The molecule has 2 aliphatic rings. The van der Waals surface area contributed by atoms with Gasteiger partial charge in [0.2, 0.25) is 0 Å². The van der Waals surface area contributed by atoms with E-state index in [-0.39, 0.29) is 11.6 Å². The minimum atomic E-state index is -0.125. The van der Waals surface area contributed by atoms with Gasteiger partial charge in [0.1, 0.15) is 0 Å². The van der Waals surface area contributed by atoms with E-state index in [0.717, 1.165) is 26.1 Å². The van der Waals surface area contributed by atoms with Crippen molar-refractivity contribution in [3.63, 3.8) is 0 Å². The second-order valence-electron chi connectivity index (χ2n) is 4.06. The van der Waals surface area contributed by atoms with Crippen LogP contribution in [0.4, 0.5) is 0 Å². The van der Waals surface area contributed by atoms with Crippen LogP contribution >= 0.6 is 0 Å². The summed E-state index contributed by atoms with van der Waals surface area (Å²) in [6, 6.07) is 0. The Balaban J connectivity index is 2.09. The molecule has 0 bridgehead atoms. The largest absolute Gasteiger partial charge is 0.392 e. The topological polar surface area (TPSA) is 32.7 Å². The van der Waals surface area contributed by atoms with Gasteiger partial charge < -0.3 is 9.84 Å². The van der Waals surface area contributed by atoms with Gasteiger partial charge in [-0.3, -0.25) is 4.90 Å². The summed E-state index contributed by atoms with van der Waals surface area (Å²) in [5.74, 6) is 0. The van der Waals surface area contributed by atoms with E-state index in [2.05, 4.69) is 4.90 Å². The summed E-state index contributed by atoms with van der Waals surface area (Å²) in [6.07, 6.45) is 3.23. The first-order valence-electron chi connectivity index (χ1n) is 4.69. The minimum absolute atomic E-state index is 0.125. The zero-order valence-electron chi connectivity index (χ0n) is 7.62. The van der Waals surface area contributed by atoms with Crippen LogP contribution in [-0.2, 0) is 4.74 Å². The van der Waals surface area contributed by atoms with Gasteiger partial charge in [0, 0.05) is 19.2 Å². The molecule has 0 saturated carbocycles. The van der Waals surface area contributed by atoms with Crippen molar-refractivity contribution in [1.29, 1.82) is 0 Å². The van der Waals surface area contributed by atoms with E-state index in [0.29, 0.717) is 0 Å². The lowest BCUT2D eigenvalue weighted by Crippen LogP contribution is -2.42. The minimum Gasteiger partial charge on any atom is -0.392 e. The van der Waals surface area contributed by atoms with Gasteiger partial charge in [-0.25, -0.2) is 0 Å². The maximum atomic E-state index is 9.53. The molecule has 2 heterocycles. The molecule has 0 radical (unpaired) electrons. The van der Waals surface area contributed by atoms with E-state index >= 15 is 0 Å². The van der Waals surface area contributed by atoms with Crippen LogP contribution in [-0.4, -0.2) is 48.5 Å². The molecule has 2 rings (SSSR count). The molecule has 2 atom stereocenters. The second-order valence-corrected chi connectivity index (χ2v) is 4.06. The van der Waals surface area contributed by atoms with Crippen molar-refractivity contribution in [2.75, 3.05) is 26.8 Å². The van der Waals surface area contributed by atoms with E-state index in [4.69, 9.17) is 4.74 Å². The number of methoxy groups -OCH3 is 1. The predicted octanol–water partition coefficient (Wildman–Crippen LogP) is 0.232. The highest BCUT2D eigenvalue weighted by molar-refractivity contribution is 5.03. The standard InChI is InChI=1S/C9H17NO2/c1-12-7-9-3-2-4-10(9)6-8(11)5-9/h8,11H,2-7H2,1H3/t8-,9+/m1/s1. The summed E-state index contributed by atoms with van der Waals surface area (Å²) in [4.78, 5) is 2.39. The van der Waals surface area contributed by atoms with Gasteiger partial charge in [0.05, 0.1) is 12.7 Å². The molecule has 0 unspecified atom stereocenters. The van der Waals surface area contributed by atoms with E-state index in [1.165, 1.54) is 12.8 Å². The fraction of sp³-hybridized carbons (Fsp3) is 1.00. The molecule has 0 aromatic heterocycles. The summed E-state index contributed by atoms with van der Waals surface area (Å²) < 4.78 is 5.23. The van der Waals surface area contributed by atoms with E-state index in [1.807, 2.05) is 0 Å².